The fraction of sp³-hybridized carbons (Fsp3) is 0.455. The summed E-state index contributed by atoms with van der Waals surface area (Å²) in [6.45, 7) is 14.4. The number of hydrogen-bond acceptors (Lipinski definition) is 4. The molecule has 3 aromatic rings. The number of benzene rings is 1. The molecule has 2 heterocycles. The zero-order chi connectivity index (χ0) is 20.5. The van der Waals surface area contributed by atoms with Crippen molar-refractivity contribution in [2.24, 2.45) is 0 Å². The van der Waals surface area contributed by atoms with Crippen LogP contribution in [-0.2, 0) is 10.8 Å². The smallest absolute Gasteiger partial charge is 0.191 e. The lowest BCUT2D eigenvalue weighted by atomic mass is 10.0. The molecule has 0 saturated heterocycles. The molecule has 2 aromatic heterocycles. The van der Waals surface area contributed by atoms with E-state index in [1.807, 2.05) is 12.3 Å². The molecule has 0 bridgehead atoms. The van der Waals surface area contributed by atoms with E-state index in [2.05, 4.69) is 73.5 Å². The molecule has 0 fully saturated rings. The fourth-order valence-corrected chi connectivity index (χ4v) is 4.17. The van der Waals surface area contributed by atoms with Crippen LogP contribution in [0.25, 0.3) is 16.7 Å². The van der Waals surface area contributed by atoms with Crippen molar-refractivity contribution in [3.63, 3.8) is 0 Å². The summed E-state index contributed by atoms with van der Waals surface area (Å²) in [5, 5.41) is 1.13. The molecule has 6 heteroatoms. The summed E-state index contributed by atoms with van der Waals surface area (Å²) >= 11 is 0. The monoisotopic (exact) mass is 396 g/mol. The van der Waals surface area contributed by atoms with Crippen molar-refractivity contribution >= 4 is 25.2 Å². The summed E-state index contributed by atoms with van der Waals surface area (Å²) in [6, 6.07) is 8.58. The molecule has 2 N–H and O–H groups in total. The zero-order valence-electron chi connectivity index (χ0n) is 17.9. The SMILES string of the molecule is Cc1ccc(CCCO[Si](C)(C)C(C)(C)C)c(-n2ccc3c(N)ncnc32)c1. The third-order valence-corrected chi connectivity index (χ3v) is 10.4. The first-order valence-electron chi connectivity index (χ1n) is 9.91. The van der Waals surface area contributed by atoms with E-state index in [0.717, 1.165) is 36.2 Å². The van der Waals surface area contributed by atoms with Gasteiger partial charge >= 0.3 is 0 Å². The lowest BCUT2D eigenvalue weighted by Crippen LogP contribution is -2.41. The molecule has 5 nitrogen and oxygen atoms in total. The Balaban J connectivity index is 1.81. The Morgan fingerprint density at radius 1 is 1.14 bits per heavy atom. The number of nitrogens with zero attached hydrogens (tertiary/aromatic N) is 3. The van der Waals surface area contributed by atoms with E-state index in [1.54, 1.807) is 0 Å². The molecule has 28 heavy (non-hydrogen) atoms. The molecule has 3 rings (SSSR count). The molecule has 0 aliphatic carbocycles. The van der Waals surface area contributed by atoms with Crippen LogP contribution >= 0.6 is 0 Å². The summed E-state index contributed by atoms with van der Waals surface area (Å²) in [5.74, 6) is 0.515. The standard InChI is InChI=1S/C22H32N4OSi/c1-16-9-10-17(8-7-13-27-28(5,6)22(2,3)4)19(14-16)26-12-11-18-20(23)24-15-25-21(18)26/h9-12,14-15H,7-8,13H2,1-6H3,(H2,23,24,25). The average Bonchev–Trinajstić information content (AvgIpc) is 3.04. The molecular weight excluding hydrogens is 364 g/mol. The minimum Gasteiger partial charge on any atom is -0.417 e. The highest BCUT2D eigenvalue weighted by molar-refractivity contribution is 6.74. The first kappa shape index (κ1) is 20.5. The van der Waals surface area contributed by atoms with Gasteiger partial charge in [-0.1, -0.05) is 32.9 Å². The van der Waals surface area contributed by atoms with Crippen LogP contribution in [0.1, 0.15) is 38.3 Å². The molecule has 0 aliphatic heterocycles. The predicted octanol–water partition coefficient (Wildman–Crippen LogP) is 5.27. The molecule has 150 valence electrons. The van der Waals surface area contributed by atoms with Crippen molar-refractivity contribution in [2.45, 2.75) is 58.7 Å². The molecule has 0 unspecified atom stereocenters. The van der Waals surface area contributed by atoms with Crippen molar-refractivity contribution in [1.29, 1.82) is 0 Å². The first-order valence-corrected chi connectivity index (χ1v) is 12.8. The Morgan fingerprint density at radius 3 is 2.61 bits per heavy atom. The van der Waals surface area contributed by atoms with Crippen molar-refractivity contribution < 1.29 is 4.43 Å². The summed E-state index contributed by atoms with van der Waals surface area (Å²) < 4.78 is 8.47. The molecule has 0 spiro atoms. The number of aryl methyl sites for hydroxylation is 2. The van der Waals surface area contributed by atoms with Gasteiger partial charge in [-0.2, -0.15) is 0 Å². The molecular formula is C22H32N4OSi. The second-order valence-corrected chi connectivity index (χ2v) is 13.8. The average molecular weight is 397 g/mol. The summed E-state index contributed by atoms with van der Waals surface area (Å²) in [7, 11) is -1.70. The summed E-state index contributed by atoms with van der Waals surface area (Å²) in [4.78, 5) is 8.56. The van der Waals surface area contributed by atoms with Crippen molar-refractivity contribution in [3.05, 3.63) is 47.9 Å². The number of nitrogens with two attached hydrogens (primary N) is 1. The second kappa shape index (κ2) is 7.68. The maximum Gasteiger partial charge on any atom is 0.191 e. The van der Waals surface area contributed by atoms with Crippen LogP contribution in [0.2, 0.25) is 18.1 Å². The van der Waals surface area contributed by atoms with Gasteiger partial charge in [-0.3, -0.25) is 0 Å². The maximum atomic E-state index is 6.35. The number of fused-ring (bicyclic) bond motifs is 1. The van der Waals surface area contributed by atoms with Crippen molar-refractivity contribution in [2.75, 3.05) is 12.3 Å². The van der Waals surface area contributed by atoms with Crippen LogP contribution in [0.15, 0.2) is 36.8 Å². The number of anilines is 1. The Bertz CT molecular complexity index is 972. The van der Waals surface area contributed by atoms with Crippen LogP contribution in [0.4, 0.5) is 5.82 Å². The lowest BCUT2D eigenvalue weighted by Gasteiger charge is -2.36. The van der Waals surface area contributed by atoms with Gasteiger partial charge < -0.3 is 14.7 Å². The molecule has 0 aliphatic rings. The normalized spacial score (nSPS) is 12.6. The number of nitrogen functional groups attached to an aromatic ring is 1. The van der Waals surface area contributed by atoms with Gasteiger partial charge in [0.2, 0.25) is 0 Å². The Morgan fingerprint density at radius 2 is 1.89 bits per heavy atom. The third-order valence-electron chi connectivity index (χ3n) is 5.87. The highest BCUT2D eigenvalue weighted by Gasteiger charge is 2.36. The Hall–Kier alpha value is -2.18. The van der Waals surface area contributed by atoms with Crippen LogP contribution in [0, 0.1) is 6.92 Å². The van der Waals surface area contributed by atoms with Gasteiger partial charge in [0.15, 0.2) is 8.32 Å². The van der Waals surface area contributed by atoms with Crippen LogP contribution in [0.5, 0.6) is 0 Å². The Labute approximate surface area is 169 Å². The number of rotatable bonds is 6. The van der Waals surface area contributed by atoms with Gasteiger partial charge in [0.1, 0.15) is 17.8 Å². The second-order valence-electron chi connectivity index (χ2n) is 9.03. The van der Waals surface area contributed by atoms with Gasteiger partial charge in [0, 0.05) is 12.8 Å². The Kier molecular flexibility index (Phi) is 5.64. The van der Waals surface area contributed by atoms with E-state index in [1.165, 1.54) is 17.5 Å². The van der Waals surface area contributed by atoms with Crippen LogP contribution in [0.3, 0.4) is 0 Å². The van der Waals surface area contributed by atoms with E-state index in [9.17, 15) is 0 Å². The lowest BCUT2D eigenvalue weighted by molar-refractivity contribution is 0.282. The van der Waals surface area contributed by atoms with Gasteiger partial charge in [-0.05, 0) is 61.2 Å². The molecule has 0 radical (unpaired) electrons. The zero-order valence-corrected chi connectivity index (χ0v) is 18.9. The fourth-order valence-electron chi connectivity index (χ4n) is 3.08. The van der Waals surface area contributed by atoms with E-state index in [-0.39, 0.29) is 5.04 Å². The first-order chi connectivity index (χ1) is 13.1. The number of hydrogen-bond donors (Lipinski definition) is 1. The number of aromatic nitrogens is 3. The highest BCUT2D eigenvalue weighted by Crippen LogP contribution is 2.36. The van der Waals surface area contributed by atoms with Gasteiger partial charge in [-0.25, -0.2) is 9.97 Å². The highest BCUT2D eigenvalue weighted by atomic mass is 28.4. The van der Waals surface area contributed by atoms with E-state index in [0.29, 0.717) is 5.82 Å². The molecule has 0 saturated carbocycles. The largest absolute Gasteiger partial charge is 0.417 e. The van der Waals surface area contributed by atoms with Gasteiger partial charge in [-0.15, -0.1) is 0 Å². The predicted molar refractivity (Wildman–Crippen MR) is 119 cm³/mol. The van der Waals surface area contributed by atoms with Crippen molar-refractivity contribution in [1.82, 2.24) is 14.5 Å². The summed E-state index contributed by atoms with van der Waals surface area (Å²) in [6.07, 6.45) is 5.51. The van der Waals surface area contributed by atoms with E-state index < -0.39 is 8.32 Å². The molecule has 0 amide bonds. The van der Waals surface area contributed by atoms with Gasteiger partial charge in [0.25, 0.3) is 0 Å². The van der Waals surface area contributed by atoms with E-state index >= 15 is 0 Å². The van der Waals surface area contributed by atoms with Gasteiger partial charge in [0.05, 0.1) is 11.1 Å². The van der Waals surface area contributed by atoms with E-state index in [4.69, 9.17) is 10.2 Å². The topological polar surface area (TPSA) is 66.0 Å². The van der Waals surface area contributed by atoms with Crippen molar-refractivity contribution in [3.8, 4) is 5.69 Å². The minimum absolute atomic E-state index is 0.242. The minimum atomic E-state index is -1.70. The maximum absolute atomic E-state index is 6.35. The molecule has 1 aromatic carbocycles. The van der Waals surface area contributed by atoms with Crippen LogP contribution in [-0.4, -0.2) is 29.5 Å². The third kappa shape index (κ3) is 4.13. The molecule has 0 atom stereocenters. The van der Waals surface area contributed by atoms with Crippen LogP contribution < -0.4 is 5.73 Å². The summed E-state index contributed by atoms with van der Waals surface area (Å²) in [5.41, 5.74) is 10.5. The quantitative estimate of drug-likeness (QED) is 0.455.